The van der Waals surface area contributed by atoms with Crippen molar-refractivity contribution in [1.82, 2.24) is 5.32 Å². The summed E-state index contributed by atoms with van der Waals surface area (Å²) in [7, 11) is 0. The van der Waals surface area contributed by atoms with Crippen LogP contribution < -0.4 is 11.1 Å². The van der Waals surface area contributed by atoms with Crippen LogP contribution in [0.1, 0.15) is 21.7 Å². The number of amides is 1. The van der Waals surface area contributed by atoms with E-state index in [9.17, 15) is 31.1 Å². The summed E-state index contributed by atoms with van der Waals surface area (Å²) < 4.78 is 82.0. The first-order chi connectivity index (χ1) is 11.4. The van der Waals surface area contributed by atoms with Crippen LogP contribution in [0, 0.1) is 0 Å². The number of furan rings is 1. The second kappa shape index (κ2) is 6.39. The molecule has 2 aromatic rings. The van der Waals surface area contributed by atoms with Gasteiger partial charge in [-0.3, -0.25) is 10.1 Å². The van der Waals surface area contributed by atoms with Crippen molar-refractivity contribution in [2.45, 2.75) is 12.4 Å². The first-order valence-electron chi connectivity index (χ1n) is 6.38. The van der Waals surface area contributed by atoms with E-state index < -0.39 is 35.0 Å². The van der Waals surface area contributed by atoms with E-state index in [1.807, 2.05) is 5.32 Å². The third kappa shape index (κ3) is 4.50. The molecule has 0 saturated carbocycles. The zero-order valence-electron chi connectivity index (χ0n) is 12.0. The second-order valence-electron chi connectivity index (χ2n) is 4.78. The Bertz CT molecular complexity index is 793. The lowest BCUT2D eigenvalue weighted by molar-refractivity contribution is -0.143. The average Bonchev–Trinajstić information content (AvgIpc) is 2.94. The van der Waals surface area contributed by atoms with Crippen molar-refractivity contribution in [3.05, 3.63) is 47.2 Å². The van der Waals surface area contributed by atoms with Gasteiger partial charge < -0.3 is 10.2 Å². The highest BCUT2D eigenvalue weighted by molar-refractivity contribution is 7.80. The number of benzene rings is 1. The van der Waals surface area contributed by atoms with Gasteiger partial charge in [-0.15, -0.1) is 0 Å². The van der Waals surface area contributed by atoms with Gasteiger partial charge in [0.2, 0.25) is 0 Å². The Balaban J connectivity index is 2.50. The molecule has 1 aromatic carbocycles. The number of rotatable bonds is 2. The molecular formula is C14H8F6N2O2S. The summed E-state index contributed by atoms with van der Waals surface area (Å²) in [5, 5.41) is 1.64. The quantitative estimate of drug-likeness (QED) is 0.610. The molecule has 0 unspecified atom stereocenters. The van der Waals surface area contributed by atoms with Crippen LogP contribution in [0.15, 0.2) is 34.7 Å². The summed E-state index contributed by atoms with van der Waals surface area (Å²) in [5.74, 6) is -1.62. The van der Waals surface area contributed by atoms with Crippen molar-refractivity contribution in [2.24, 2.45) is 5.73 Å². The normalized spacial score (nSPS) is 12.1. The van der Waals surface area contributed by atoms with E-state index in [4.69, 9.17) is 10.2 Å². The molecule has 2 rings (SSSR count). The minimum atomic E-state index is -4.99. The lowest BCUT2D eigenvalue weighted by Gasteiger charge is -2.13. The Kier molecular flexibility index (Phi) is 4.80. The van der Waals surface area contributed by atoms with Crippen LogP contribution >= 0.6 is 12.2 Å². The highest BCUT2D eigenvalue weighted by atomic mass is 32.1. The van der Waals surface area contributed by atoms with Crippen molar-refractivity contribution in [3.8, 4) is 11.3 Å². The maximum absolute atomic E-state index is 12.8. The van der Waals surface area contributed by atoms with Gasteiger partial charge in [0.15, 0.2) is 10.9 Å². The van der Waals surface area contributed by atoms with E-state index in [0.29, 0.717) is 12.1 Å². The van der Waals surface area contributed by atoms with E-state index >= 15 is 0 Å². The number of carbonyl (C=O) groups is 1. The average molecular weight is 382 g/mol. The molecule has 0 saturated heterocycles. The third-order valence-electron chi connectivity index (χ3n) is 2.94. The fourth-order valence-electron chi connectivity index (χ4n) is 1.89. The second-order valence-corrected chi connectivity index (χ2v) is 5.22. The number of halogens is 6. The van der Waals surface area contributed by atoms with Crippen LogP contribution in [0.5, 0.6) is 0 Å². The number of carbonyl (C=O) groups excluding carboxylic acids is 1. The van der Waals surface area contributed by atoms with Gasteiger partial charge in [-0.1, -0.05) is 0 Å². The maximum atomic E-state index is 12.8. The summed E-state index contributed by atoms with van der Waals surface area (Å²) in [5.41, 5.74) is 1.61. The summed E-state index contributed by atoms with van der Waals surface area (Å²) in [6, 6.07) is 3.10. The largest absolute Gasteiger partial charge is 0.451 e. The molecule has 1 amide bonds. The number of nitrogens with one attached hydrogen (secondary N) is 1. The lowest BCUT2D eigenvalue weighted by atomic mass is 10.0. The van der Waals surface area contributed by atoms with Gasteiger partial charge in [-0.25, -0.2) is 0 Å². The summed E-state index contributed by atoms with van der Waals surface area (Å²) in [4.78, 5) is 11.6. The van der Waals surface area contributed by atoms with Gasteiger partial charge in [-0.05, 0) is 42.5 Å². The zero-order valence-corrected chi connectivity index (χ0v) is 12.8. The van der Waals surface area contributed by atoms with Gasteiger partial charge in [0.1, 0.15) is 5.76 Å². The molecule has 1 aromatic heterocycles. The molecular weight excluding hydrogens is 374 g/mol. The van der Waals surface area contributed by atoms with Crippen molar-refractivity contribution in [3.63, 3.8) is 0 Å². The predicted molar refractivity (Wildman–Crippen MR) is 78.4 cm³/mol. The number of nitrogens with two attached hydrogens (primary N) is 1. The van der Waals surface area contributed by atoms with Crippen LogP contribution in [0.3, 0.4) is 0 Å². The Morgan fingerprint density at radius 1 is 1.00 bits per heavy atom. The Morgan fingerprint density at radius 2 is 1.52 bits per heavy atom. The molecule has 11 heteroatoms. The smallest absolute Gasteiger partial charge is 0.416 e. The van der Waals surface area contributed by atoms with Crippen LogP contribution in [0.4, 0.5) is 26.3 Å². The van der Waals surface area contributed by atoms with Gasteiger partial charge in [-0.2, -0.15) is 26.3 Å². The topological polar surface area (TPSA) is 68.3 Å². The van der Waals surface area contributed by atoms with Gasteiger partial charge in [0, 0.05) is 5.56 Å². The molecule has 1 heterocycles. The highest BCUT2D eigenvalue weighted by Crippen LogP contribution is 2.38. The SMILES string of the molecule is NC(=S)NC(=O)c1ccc(-c2cc(C(F)(F)F)cc(C(F)(F)F)c2)o1. The van der Waals surface area contributed by atoms with E-state index in [2.05, 4.69) is 12.2 Å². The molecule has 0 aliphatic rings. The van der Waals surface area contributed by atoms with E-state index in [0.717, 1.165) is 12.1 Å². The van der Waals surface area contributed by atoms with E-state index in [-0.39, 0.29) is 22.7 Å². The minimum absolute atomic E-state index is 0.00703. The summed E-state index contributed by atoms with van der Waals surface area (Å²) >= 11 is 4.44. The van der Waals surface area contributed by atoms with E-state index in [1.165, 1.54) is 0 Å². The number of thiocarbonyl (C=S) groups is 1. The fraction of sp³-hybridized carbons (Fsp3) is 0.143. The third-order valence-corrected chi connectivity index (χ3v) is 3.04. The van der Waals surface area contributed by atoms with Crippen molar-refractivity contribution >= 4 is 23.2 Å². The molecule has 0 spiro atoms. The Labute approximate surface area is 141 Å². The number of alkyl halides is 6. The molecule has 0 radical (unpaired) electrons. The molecule has 134 valence electrons. The summed E-state index contributed by atoms with van der Waals surface area (Å²) in [6.07, 6.45) is -9.98. The highest BCUT2D eigenvalue weighted by Gasteiger charge is 2.37. The van der Waals surface area contributed by atoms with Crippen LogP contribution in [-0.2, 0) is 12.4 Å². The van der Waals surface area contributed by atoms with E-state index in [1.54, 1.807) is 0 Å². The van der Waals surface area contributed by atoms with Crippen LogP contribution in [-0.4, -0.2) is 11.0 Å². The first kappa shape index (κ1) is 18.8. The van der Waals surface area contributed by atoms with Gasteiger partial charge in [0.25, 0.3) is 5.91 Å². The molecule has 0 aliphatic carbocycles. The monoisotopic (exact) mass is 382 g/mol. The molecule has 25 heavy (non-hydrogen) atoms. The number of hydrogen-bond donors (Lipinski definition) is 2. The van der Waals surface area contributed by atoms with Gasteiger partial charge >= 0.3 is 12.4 Å². The molecule has 0 bridgehead atoms. The Morgan fingerprint density at radius 3 is 1.96 bits per heavy atom. The van der Waals surface area contributed by atoms with Crippen LogP contribution in [0.2, 0.25) is 0 Å². The van der Waals surface area contributed by atoms with Crippen LogP contribution in [0.25, 0.3) is 11.3 Å². The first-order valence-corrected chi connectivity index (χ1v) is 6.79. The molecule has 0 aliphatic heterocycles. The molecule has 0 atom stereocenters. The Hall–Kier alpha value is -2.56. The lowest BCUT2D eigenvalue weighted by Crippen LogP contribution is -2.34. The minimum Gasteiger partial charge on any atom is -0.451 e. The fourth-order valence-corrected chi connectivity index (χ4v) is 1.98. The van der Waals surface area contributed by atoms with Crippen molar-refractivity contribution in [1.29, 1.82) is 0 Å². The maximum Gasteiger partial charge on any atom is 0.416 e. The standard InChI is InChI=1S/C14H8F6N2O2S/c15-13(16,17)7-3-6(4-8(5-7)14(18,19)20)9-1-2-10(24-9)11(23)22-12(21)25/h1-5H,(H3,21,22,23,25). The zero-order chi connectivity index (χ0) is 19.0. The van der Waals surface area contributed by atoms with Crippen molar-refractivity contribution < 1.29 is 35.6 Å². The summed E-state index contributed by atoms with van der Waals surface area (Å²) in [6.45, 7) is 0. The van der Waals surface area contributed by atoms with Gasteiger partial charge in [0.05, 0.1) is 11.1 Å². The predicted octanol–water partition coefficient (Wildman–Crippen LogP) is 3.96. The molecule has 3 N–H and O–H groups in total. The molecule has 0 fully saturated rings. The number of hydrogen-bond acceptors (Lipinski definition) is 3. The van der Waals surface area contributed by atoms with Crippen molar-refractivity contribution in [2.75, 3.05) is 0 Å². The molecule has 4 nitrogen and oxygen atoms in total.